The summed E-state index contributed by atoms with van der Waals surface area (Å²) in [5.74, 6) is 1.52. The Labute approximate surface area is 170 Å². The number of hydrogen-bond donors (Lipinski definition) is 3. The first-order valence-electron chi connectivity index (χ1n) is 10.6. The molecule has 0 bridgehead atoms. The van der Waals surface area contributed by atoms with E-state index in [1.165, 1.54) is 0 Å². The van der Waals surface area contributed by atoms with Gasteiger partial charge in [0, 0.05) is 43.8 Å². The van der Waals surface area contributed by atoms with Gasteiger partial charge in [-0.1, -0.05) is 26.0 Å². The monoisotopic (exact) mass is 387 g/mol. The second-order valence-corrected chi connectivity index (χ2v) is 7.97. The molecule has 2 unspecified atom stereocenters. The first kappa shape index (κ1) is 22.2. The van der Waals surface area contributed by atoms with Crippen molar-refractivity contribution in [2.24, 2.45) is 10.9 Å². The maximum Gasteiger partial charge on any atom is 0.224 e. The Morgan fingerprint density at radius 1 is 1.21 bits per heavy atom. The number of carbonyl (C=O) groups excluding carboxylic acids is 1. The summed E-state index contributed by atoms with van der Waals surface area (Å²) < 4.78 is 0. The first-order valence-corrected chi connectivity index (χ1v) is 10.6. The molecule has 0 radical (unpaired) electrons. The lowest BCUT2D eigenvalue weighted by molar-refractivity contribution is -0.116. The van der Waals surface area contributed by atoms with Gasteiger partial charge in [-0.2, -0.15) is 0 Å². The van der Waals surface area contributed by atoms with E-state index in [-0.39, 0.29) is 5.91 Å². The van der Waals surface area contributed by atoms with Gasteiger partial charge in [-0.3, -0.25) is 9.69 Å². The van der Waals surface area contributed by atoms with Gasteiger partial charge in [0.05, 0.1) is 6.54 Å². The van der Waals surface area contributed by atoms with Crippen LogP contribution in [0.4, 0.5) is 5.69 Å². The molecule has 2 atom stereocenters. The largest absolute Gasteiger partial charge is 0.357 e. The highest BCUT2D eigenvalue weighted by molar-refractivity contribution is 5.90. The van der Waals surface area contributed by atoms with Crippen LogP contribution in [0.15, 0.2) is 29.3 Å². The van der Waals surface area contributed by atoms with Crippen LogP contribution in [-0.4, -0.2) is 48.5 Å². The second kappa shape index (κ2) is 11.1. The van der Waals surface area contributed by atoms with E-state index in [0.717, 1.165) is 43.3 Å². The number of rotatable bonds is 8. The van der Waals surface area contributed by atoms with Gasteiger partial charge in [0.1, 0.15) is 0 Å². The van der Waals surface area contributed by atoms with E-state index in [1.54, 1.807) is 0 Å². The van der Waals surface area contributed by atoms with Gasteiger partial charge >= 0.3 is 0 Å². The van der Waals surface area contributed by atoms with Crippen LogP contribution in [0.5, 0.6) is 0 Å². The van der Waals surface area contributed by atoms with Crippen LogP contribution in [0.3, 0.4) is 0 Å². The third-order valence-electron chi connectivity index (χ3n) is 5.17. The van der Waals surface area contributed by atoms with Gasteiger partial charge in [-0.15, -0.1) is 0 Å². The number of anilines is 1. The summed E-state index contributed by atoms with van der Waals surface area (Å²) >= 11 is 0. The molecule has 1 aromatic carbocycles. The highest BCUT2D eigenvalue weighted by atomic mass is 16.1. The quantitative estimate of drug-likeness (QED) is 0.473. The molecular weight excluding hydrogens is 350 g/mol. The number of aliphatic imine (C=N–C) groups is 1. The van der Waals surface area contributed by atoms with Gasteiger partial charge in [-0.05, 0) is 50.8 Å². The Hall–Kier alpha value is -2.08. The molecule has 2 rings (SSSR count). The van der Waals surface area contributed by atoms with E-state index in [9.17, 15) is 4.79 Å². The van der Waals surface area contributed by atoms with Crippen molar-refractivity contribution >= 4 is 17.6 Å². The van der Waals surface area contributed by atoms with Crippen molar-refractivity contribution < 1.29 is 4.79 Å². The fourth-order valence-corrected chi connectivity index (χ4v) is 3.42. The third-order valence-corrected chi connectivity index (χ3v) is 5.17. The van der Waals surface area contributed by atoms with Crippen LogP contribution in [0.1, 0.15) is 53.0 Å². The molecule has 0 aliphatic carbocycles. The van der Waals surface area contributed by atoms with Crippen molar-refractivity contribution in [3.63, 3.8) is 0 Å². The Bertz CT molecular complexity index is 641. The van der Waals surface area contributed by atoms with Crippen LogP contribution in [0.25, 0.3) is 0 Å². The minimum Gasteiger partial charge on any atom is -0.357 e. The maximum atomic E-state index is 11.7. The molecule has 1 aliphatic rings. The number of nitrogens with zero attached hydrogens (tertiary/aromatic N) is 2. The van der Waals surface area contributed by atoms with Crippen LogP contribution >= 0.6 is 0 Å². The number of amides is 1. The SMILES string of the molecule is CCCC(=O)Nc1ccc(CN=C(NCC)NC2CN(C(C)C)CC2C)cc1. The molecule has 6 heteroatoms. The molecule has 0 aromatic heterocycles. The summed E-state index contributed by atoms with van der Waals surface area (Å²) in [5, 5.41) is 9.89. The zero-order chi connectivity index (χ0) is 20.5. The Balaban J connectivity index is 1.94. The van der Waals surface area contributed by atoms with Crippen molar-refractivity contribution in [1.29, 1.82) is 0 Å². The van der Waals surface area contributed by atoms with Crippen LogP contribution in [-0.2, 0) is 11.3 Å². The van der Waals surface area contributed by atoms with E-state index in [4.69, 9.17) is 4.99 Å². The summed E-state index contributed by atoms with van der Waals surface area (Å²) in [5.41, 5.74) is 1.96. The molecule has 1 aromatic rings. The summed E-state index contributed by atoms with van der Waals surface area (Å²) in [6.45, 7) is 14.5. The number of nitrogens with one attached hydrogen (secondary N) is 3. The zero-order valence-electron chi connectivity index (χ0n) is 18.1. The van der Waals surface area contributed by atoms with Crippen molar-refractivity contribution in [1.82, 2.24) is 15.5 Å². The Kier molecular flexibility index (Phi) is 8.77. The fourth-order valence-electron chi connectivity index (χ4n) is 3.42. The standard InChI is InChI=1S/C22H37N5O/c1-6-8-21(28)25-19-11-9-18(10-12-19)13-24-22(23-7-2)26-20-15-27(16(3)4)14-17(20)5/h9-12,16-17,20H,6-8,13-15H2,1-5H3,(H,25,28)(H2,23,24,26). The number of hydrogen-bond acceptors (Lipinski definition) is 3. The normalized spacial score (nSPS) is 20.4. The third kappa shape index (κ3) is 6.82. The predicted octanol–water partition coefficient (Wildman–Crippen LogP) is 3.21. The molecule has 0 spiro atoms. The number of benzene rings is 1. The van der Waals surface area contributed by atoms with Crippen LogP contribution < -0.4 is 16.0 Å². The first-order chi connectivity index (χ1) is 13.4. The van der Waals surface area contributed by atoms with Crippen molar-refractivity contribution in [2.45, 2.75) is 66.1 Å². The van der Waals surface area contributed by atoms with Crippen molar-refractivity contribution in [3.05, 3.63) is 29.8 Å². The van der Waals surface area contributed by atoms with E-state index < -0.39 is 0 Å². The number of likely N-dealkylation sites (tertiary alicyclic amines) is 1. The molecule has 1 saturated heterocycles. The second-order valence-electron chi connectivity index (χ2n) is 7.97. The molecule has 0 saturated carbocycles. The number of guanidine groups is 1. The Morgan fingerprint density at radius 2 is 1.93 bits per heavy atom. The topological polar surface area (TPSA) is 68.8 Å². The number of carbonyl (C=O) groups is 1. The molecule has 1 amide bonds. The molecule has 156 valence electrons. The molecule has 1 aliphatic heterocycles. The van der Waals surface area contributed by atoms with E-state index >= 15 is 0 Å². The van der Waals surface area contributed by atoms with Crippen molar-refractivity contribution in [3.8, 4) is 0 Å². The van der Waals surface area contributed by atoms with Crippen LogP contribution in [0, 0.1) is 5.92 Å². The van der Waals surface area contributed by atoms with Gasteiger partial charge in [0.15, 0.2) is 5.96 Å². The van der Waals surface area contributed by atoms with E-state index in [1.807, 2.05) is 31.2 Å². The molecule has 6 nitrogen and oxygen atoms in total. The Morgan fingerprint density at radius 3 is 2.50 bits per heavy atom. The van der Waals surface area contributed by atoms with Crippen molar-refractivity contribution in [2.75, 3.05) is 25.0 Å². The van der Waals surface area contributed by atoms with Gasteiger partial charge < -0.3 is 16.0 Å². The van der Waals surface area contributed by atoms with Gasteiger partial charge in [0.25, 0.3) is 0 Å². The zero-order valence-corrected chi connectivity index (χ0v) is 18.1. The summed E-state index contributed by atoms with van der Waals surface area (Å²) in [6.07, 6.45) is 1.41. The summed E-state index contributed by atoms with van der Waals surface area (Å²) in [7, 11) is 0. The highest BCUT2D eigenvalue weighted by Crippen LogP contribution is 2.18. The molecule has 1 heterocycles. The average Bonchev–Trinajstić information content (AvgIpc) is 3.02. The summed E-state index contributed by atoms with van der Waals surface area (Å²) in [4.78, 5) is 19.0. The minimum atomic E-state index is 0.0630. The van der Waals surface area contributed by atoms with E-state index in [2.05, 4.69) is 48.5 Å². The lowest BCUT2D eigenvalue weighted by Crippen LogP contribution is -2.46. The lowest BCUT2D eigenvalue weighted by atomic mass is 10.1. The van der Waals surface area contributed by atoms with Gasteiger partial charge in [-0.25, -0.2) is 4.99 Å². The molecular formula is C22H37N5O. The maximum absolute atomic E-state index is 11.7. The molecule has 1 fully saturated rings. The lowest BCUT2D eigenvalue weighted by Gasteiger charge is -2.22. The predicted molar refractivity (Wildman–Crippen MR) is 118 cm³/mol. The fraction of sp³-hybridized carbons (Fsp3) is 0.636. The van der Waals surface area contributed by atoms with Gasteiger partial charge in [0.2, 0.25) is 5.91 Å². The highest BCUT2D eigenvalue weighted by Gasteiger charge is 2.31. The molecule has 3 N–H and O–H groups in total. The minimum absolute atomic E-state index is 0.0630. The smallest absolute Gasteiger partial charge is 0.224 e. The summed E-state index contributed by atoms with van der Waals surface area (Å²) in [6, 6.07) is 8.92. The average molecular weight is 388 g/mol. The molecule has 28 heavy (non-hydrogen) atoms. The van der Waals surface area contributed by atoms with Crippen LogP contribution in [0.2, 0.25) is 0 Å². The van der Waals surface area contributed by atoms with E-state index in [0.29, 0.717) is 31.0 Å².